The first-order valence-electron chi connectivity index (χ1n) is 9.36. The minimum Gasteiger partial charge on any atom is -0.371 e. The van der Waals surface area contributed by atoms with Crippen LogP contribution in [0, 0.1) is 5.82 Å². The van der Waals surface area contributed by atoms with Crippen LogP contribution in [0.1, 0.15) is 35.8 Å². The van der Waals surface area contributed by atoms with Gasteiger partial charge in [-0.3, -0.25) is 4.90 Å². The number of morpholine rings is 1. The Balaban J connectivity index is 1.57. The van der Waals surface area contributed by atoms with Crippen LogP contribution in [0.5, 0.6) is 0 Å². The largest absolute Gasteiger partial charge is 0.416 e. The molecule has 0 spiro atoms. The molecule has 1 aliphatic heterocycles. The van der Waals surface area contributed by atoms with Crippen molar-refractivity contribution in [2.45, 2.75) is 25.2 Å². The fourth-order valence-corrected chi connectivity index (χ4v) is 3.79. The number of fused-ring (bicyclic) bond motifs is 1. The molecule has 154 valence electrons. The number of aromatic nitrogens is 2. The van der Waals surface area contributed by atoms with Crippen molar-refractivity contribution in [2.24, 2.45) is 7.05 Å². The summed E-state index contributed by atoms with van der Waals surface area (Å²) in [6, 6.07) is 8.26. The van der Waals surface area contributed by atoms with Crippen LogP contribution < -0.4 is 0 Å². The molecule has 2 atom stereocenters. The van der Waals surface area contributed by atoms with Crippen molar-refractivity contribution in [3.63, 3.8) is 0 Å². The molecule has 0 saturated carbocycles. The van der Waals surface area contributed by atoms with Crippen molar-refractivity contribution in [3.8, 4) is 0 Å². The highest BCUT2D eigenvalue weighted by Crippen LogP contribution is 2.34. The van der Waals surface area contributed by atoms with Crippen LogP contribution in [0.2, 0.25) is 0 Å². The molecule has 1 aromatic heterocycles. The van der Waals surface area contributed by atoms with E-state index < -0.39 is 17.6 Å². The Kier molecular flexibility index (Phi) is 5.08. The zero-order valence-electron chi connectivity index (χ0n) is 16.1. The molecule has 8 heteroatoms. The molecule has 4 rings (SSSR count). The number of nitrogens with zero attached hydrogens (tertiary/aromatic N) is 3. The van der Waals surface area contributed by atoms with Crippen molar-refractivity contribution < 1.29 is 22.3 Å². The monoisotopic (exact) mass is 407 g/mol. The van der Waals surface area contributed by atoms with Gasteiger partial charge < -0.3 is 9.30 Å². The van der Waals surface area contributed by atoms with Crippen LogP contribution in [0.3, 0.4) is 0 Å². The van der Waals surface area contributed by atoms with E-state index in [9.17, 15) is 17.6 Å². The molecule has 2 heterocycles. The lowest BCUT2D eigenvalue weighted by atomic mass is 10.0. The number of alkyl halides is 3. The molecule has 1 unspecified atom stereocenters. The van der Waals surface area contributed by atoms with Gasteiger partial charge in [-0.15, -0.1) is 0 Å². The molecule has 29 heavy (non-hydrogen) atoms. The van der Waals surface area contributed by atoms with Gasteiger partial charge in [0.25, 0.3) is 0 Å². The summed E-state index contributed by atoms with van der Waals surface area (Å²) in [6.07, 6.45) is -3.06. The predicted molar refractivity (Wildman–Crippen MR) is 101 cm³/mol. The fourth-order valence-electron chi connectivity index (χ4n) is 3.79. The molecule has 0 bridgehead atoms. The number of halogens is 4. The normalized spacial score (nSPS) is 19.6. The number of rotatable bonds is 3. The average molecular weight is 407 g/mol. The molecule has 2 aromatic carbocycles. The lowest BCUT2D eigenvalue weighted by Gasteiger charge is -2.37. The third-order valence-electron chi connectivity index (χ3n) is 5.50. The molecule has 3 aromatic rings. The summed E-state index contributed by atoms with van der Waals surface area (Å²) in [6.45, 7) is 3.30. The summed E-state index contributed by atoms with van der Waals surface area (Å²) in [4.78, 5) is 6.33. The van der Waals surface area contributed by atoms with Gasteiger partial charge in [0, 0.05) is 26.2 Å². The maximum atomic E-state index is 13.8. The number of aryl methyl sites for hydroxylation is 1. The number of hydrogen-bond acceptors (Lipinski definition) is 3. The second kappa shape index (κ2) is 7.42. The molecule has 0 amide bonds. The van der Waals surface area contributed by atoms with Gasteiger partial charge in [0.15, 0.2) is 0 Å². The molecule has 0 aliphatic carbocycles. The Morgan fingerprint density at radius 3 is 2.72 bits per heavy atom. The van der Waals surface area contributed by atoms with Crippen LogP contribution in [0.15, 0.2) is 42.7 Å². The molecule has 0 N–H and O–H groups in total. The van der Waals surface area contributed by atoms with E-state index in [1.165, 1.54) is 6.07 Å². The van der Waals surface area contributed by atoms with E-state index in [4.69, 9.17) is 4.74 Å². The highest BCUT2D eigenvalue weighted by molar-refractivity contribution is 5.76. The van der Waals surface area contributed by atoms with Crippen molar-refractivity contribution in [3.05, 3.63) is 65.2 Å². The third-order valence-corrected chi connectivity index (χ3v) is 5.50. The Morgan fingerprint density at radius 2 is 1.97 bits per heavy atom. The van der Waals surface area contributed by atoms with Crippen molar-refractivity contribution in [1.82, 2.24) is 14.5 Å². The average Bonchev–Trinajstić information content (AvgIpc) is 3.06. The second-order valence-corrected chi connectivity index (χ2v) is 7.40. The van der Waals surface area contributed by atoms with Crippen LogP contribution >= 0.6 is 0 Å². The van der Waals surface area contributed by atoms with Crippen molar-refractivity contribution >= 4 is 11.0 Å². The van der Waals surface area contributed by atoms with Gasteiger partial charge in [0.05, 0.1) is 35.6 Å². The Hall–Kier alpha value is -2.45. The van der Waals surface area contributed by atoms with E-state index in [0.717, 1.165) is 22.7 Å². The molecule has 1 aliphatic rings. The van der Waals surface area contributed by atoms with Gasteiger partial charge >= 0.3 is 6.18 Å². The van der Waals surface area contributed by atoms with E-state index in [1.807, 2.05) is 34.7 Å². The summed E-state index contributed by atoms with van der Waals surface area (Å²) in [5.74, 6) is -0.881. The molecule has 1 fully saturated rings. The maximum absolute atomic E-state index is 13.8. The Bertz CT molecular complexity index is 1030. The summed E-state index contributed by atoms with van der Waals surface area (Å²) >= 11 is 0. The molecular weight excluding hydrogens is 386 g/mol. The maximum Gasteiger partial charge on any atom is 0.416 e. The minimum atomic E-state index is -4.58. The smallest absolute Gasteiger partial charge is 0.371 e. The van der Waals surface area contributed by atoms with Gasteiger partial charge in [-0.1, -0.05) is 6.07 Å². The lowest BCUT2D eigenvalue weighted by molar-refractivity contribution is -0.137. The van der Waals surface area contributed by atoms with Gasteiger partial charge in [0.1, 0.15) is 5.82 Å². The van der Waals surface area contributed by atoms with Gasteiger partial charge in [-0.05, 0) is 48.4 Å². The standard InChI is InChI=1S/C21H21F4N3O/c1-13(15-7-16(21(23,24)25)10-17(22)8-15)28-5-6-29-20(11-28)14-3-4-18-19(9-14)27(2)12-26-18/h3-4,7-10,12-13,20H,5-6,11H2,1-2H3/t13?,20-/m1/s1. The number of hydrogen-bond donors (Lipinski definition) is 0. The third kappa shape index (κ3) is 4.00. The summed E-state index contributed by atoms with van der Waals surface area (Å²) in [7, 11) is 1.91. The first-order chi connectivity index (χ1) is 13.7. The Morgan fingerprint density at radius 1 is 1.17 bits per heavy atom. The molecule has 0 radical (unpaired) electrons. The summed E-state index contributed by atoms with van der Waals surface area (Å²) in [5, 5.41) is 0. The topological polar surface area (TPSA) is 30.3 Å². The number of benzene rings is 2. The van der Waals surface area contributed by atoms with Crippen LogP contribution in [0.25, 0.3) is 11.0 Å². The zero-order valence-corrected chi connectivity index (χ0v) is 16.1. The van der Waals surface area contributed by atoms with E-state index in [2.05, 4.69) is 4.98 Å². The first kappa shape index (κ1) is 19.8. The summed E-state index contributed by atoms with van der Waals surface area (Å²) < 4.78 is 60.9. The minimum absolute atomic E-state index is 0.221. The van der Waals surface area contributed by atoms with Gasteiger partial charge in [0.2, 0.25) is 0 Å². The van der Waals surface area contributed by atoms with Crippen molar-refractivity contribution in [2.75, 3.05) is 19.7 Å². The van der Waals surface area contributed by atoms with Crippen LogP contribution in [0.4, 0.5) is 17.6 Å². The highest BCUT2D eigenvalue weighted by atomic mass is 19.4. The van der Waals surface area contributed by atoms with E-state index in [-0.39, 0.29) is 12.1 Å². The number of ether oxygens (including phenoxy) is 1. The number of imidazole rings is 1. The summed E-state index contributed by atoms with van der Waals surface area (Å²) in [5.41, 5.74) is 2.19. The first-order valence-corrected chi connectivity index (χ1v) is 9.36. The molecule has 1 saturated heterocycles. The van der Waals surface area contributed by atoms with Crippen molar-refractivity contribution in [1.29, 1.82) is 0 Å². The Labute approximate surface area is 165 Å². The zero-order chi connectivity index (χ0) is 20.8. The predicted octanol–water partition coefficient (Wildman–Crippen LogP) is 4.87. The quantitative estimate of drug-likeness (QED) is 0.581. The SMILES string of the molecule is CC(c1cc(F)cc(C(F)(F)F)c1)N1CCO[C@@H](c2ccc3ncn(C)c3c2)C1. The molecule has 4 nitrogen and oxygen atoms in total. The van der Waals surface area contributed by atoms with Crippen LogP contribution in [-0.4, -0.2) is 34.1 Å². The van der Waals surface area contributed by atoms with E-state index in [0.29, 0.717) is 31.3 Å². The molecular formula is C21H21F4N3O. The highest BCUT2D eigenvalue weighted by Gasteiger charge is 2.33. The second-order valence-electron chi connectivity index (χ2n) is 7.40. The van der Waals surface area contributed by atoms with Gasteiger partial charge in [-0.25, -0.2) is 9.37 Å². The van der Waals surface area contributed by atoms with E-state index >= 15 is 0 Å². The lowest BCUT2D eigenvalue weighted by Crippen LogP contribution is -2.40. The fraction of sp³-hybridized carbons (Fsp3) is 0.381. The van der Waals surface area contributed by atoms with E-state index in [1.54, 1.807) is 13.3 Å². The van der Waals surface area contributed by atoms with Gasteiger partial charge in [-0.2, -0.15) is 13.2 Å². The van der Waals surface area contributed by atoms with Crippen LogP contribution in [-0.2, 0) is 18.0 Å².